The fourth-order valence-electron chi connectivity index (χ4n) is 2.74. The van der Waals surface area contributed by atoms with Gasteiger partial charge in [0.15, 0.2) is 0 Å². The fourth-order valence-corrected chi connectivity index (χ4v) is 2.74. The highest BCUT2D eigenvalue weighted by Crippen LogP contribution is 2.19. The molecule has 2 amide bonds. The van der Waals surface area contributed by atoms with Gasteiger partial charge in [-0.1, -0.05) is 0 Å². The van der Waals surface area contributed by atoms with Gasteiger partial charge in [-0.2, -0.15) is 0 Å². The molecule has 2 aromatic carbocycles. The summed E-state index contributed by atoms with van der Waals surface area (Å²) in [4.78, 5) is 28.6. The maximum atomic E-state index is 12.0. The van der Waals surface area contributed by atoms with Gasteiger partial charge in [0, 0.05) is 43.2 Å². The number of hydrogen-bond acceptors (Lipinski definition) is 5. The monoisotopic (exact) mass is 354 g/mol. The van der Waals surface area contributed by atoms with Gasteiger partial charge in [0.25, 0.3) is 0 Å². The summed E-state index contributed by atoms with van der Waals surface area (Å²) in [5, 5.41) is 14.3. The third kappa shape index (κ3) is 4.52. The van der Waals surface area contributed by atoms with Crippen molar-refractivity contribution in [3.8, 4) is 5.75 Å². The van der Waals surface area contributed by atoms with Crippen molar-refractivity contribution in [3.63, 3.8) is 0 Å². The normalized spacial score (nSPS) is 14.7. The number of hydrogen-bond donors (Lipinski definition) is 3. The Hall–Kier alpha value is -3.06. The summed E-state index contributed by atoms with van der Waals surface area (Å²) in [6, 6.07) is 13.4. The smallest absolute Gasteiger partial charge is 0.314 e. The molecular weight excluding hydrogens is 332 g/mol. The van der Waals surface area contributed by atoms with Gasteiger partial charge in [0.1, 0.15) is 5.75 Å². The van der Waals surface area contributed by atoms with Crippen molar-refractivity contribution in [2.45, 2.75) is 0 Å². The molecule has 3 rings (SSSR count). The van der Waals surface area contributed by atoms with Gasteiger partial charge in [0.05, 0.1) is 0 Å². The predicted octanol–water partition coefficient (Wildman–Crippen LogP) is 1.72. The van der Waals surface area contributed by atoms with Gasteiger partial charge >= 0.3 is 11.8 Å². The first-order chi connectivity index (χ1) is 12.5. The zero-order valence-corrected chi connectivity index (χ0v) is 14.6. The van der Waals surface area contributed by atoms with Crippen LogP contribution in [-0.4, -0.2) is 55.0 Å². The number of phenolic OH excluding ortho intramolecular Hbond substituents is 1. The molecule has 1 fully saturated rings. The summed E-state index contributed by atoms with van der Waals surface area (Å²) < 4.78 is 0. The number of piperazine rings is 1. The summed E-state index contributed by atoms with van der Waals surface area (Å²) in [6.07, 6.45) is 0. The molecule has 136 valence electrons. The Morgan fingerprint density at radius 3 is 1.77 bits per heavy atom. The SMILES string of the molecule is CN1CCN(c2ccc(NC(=O)C(=O)Nc3ccc(O)cc3)cc2)CC1. The number of carbonyl (C=O) groups is 2. The Bertz CT molecular complexity index is 766. The molecule has 0 aliphatic carbocycles. The number of aromatic hydroxyl groups is 1. The molecule has 0 radical (unpaired) electrons. The Balaban J connectivity index is 1.55. The van der Waals surface area contributed by atoms with Crippen molar-refractivity contribution in [2.24, 2.45) is 0 Å². The van der Waals surface area contributed by atoms with Crippen molar-refractivity contribution < 1.29 is 14.7 Å². The molecule has 0 aromatic heterocycles. The van der Waals surface area contributed by atoms with Crippen molar-refractivity contribution in [2.75, 3.05) is 48.8 Å². The van der Waals surface area contributed by atoms with E-state index in [0.717, 1.165) is 31.9 Å². The van der Waals surface area contributed by atoms with E-state index in [1.54, 1.807) is 12.1 Å². The number of likely N-dealkylation sites (N-methyl/N-ethyl adjacent to an activating group) is 1. The van der Waals surface area contributed by atoms with Crippen molar-refractivity contribution >= 4 is 28.9 Å². The van der Waals surface area contributed by atoms with Crippen LogP contribution in [0.5, 0.6) is 5.75 Å². The van der Waals surface area contributed by atoms with Crippen LogP contribution in [0.4, 0.5) is 17.1 Å². The number of anilines is 3. The topological polar surface area (TPSA) is 84.9 Å². The first-order valence-corrected chi connectivity index (χ1v) is 8.46. The van der Waals surface area contributed by atoms with Gasteiger partial charge in [0.2, 0.25) is 0 Å². The second-order valence-corrected chi connectivity index (χ2v) is 6.29. The van der Waals surface area contributed by atoms with Gasteiger partial charge in [-0.25, -0.2) is 0 Å². The van der Waals surface area contributed by atoms with E-state index in [-0.39, 0.29) is 5.75 Å². The minimum absolute atomic E-state index is 0.0906. The zero-order chi connectivity index (χ0) is 18.5. The van der Waals surface area contributed by atoms with E-state index in [9.17, 15) is 14.7 Å². The summed E-state index contributed by atoms with van der Waals surface area (Å²) in [7, 11) is 2.11. The number of nitrogens with zero attached hydrogens (tertiary/aromatic N) is 2. The molecule has 1 aliphatic heterocycles. The highest BCUT2D eigenvalue weighted by atomic mass is 16.3. The number of carbonyl (C=O) groups excluding carboxylic acids is 2. The lowest BCUT2D eigenvalue weighted by Gasteiger charge is -2.34. The van der Waals surface area contributed by atoms with E-state index < -0.39 is 11.8 Å². The molecule has 0 saturated carbocycles. The van der Waals surface area contributed by atoms with Gasteiger partial charge in [-0.05, 0) is 55.6 Å². The molecule has 1 aliphatic rings. The maximum absolute atomic E-state index is 12.0. The van der Waals surface area contributed by atoms with Crippen LogP contribution in [-0.2, 0) is 9.59 Å². The molecule has 1 saturated heterocycles. The van der Waals surface area contributed by atoms with E-state index in [4.69, 9.17) is 0 Å². The molecule has 2 aromatic rings. The van der Waals surface area contributed by atoms with E-state index in [1.807, 2.05) is 12.1 Å². The van der Waals surface area contributed by atoms with Crippen LogP contribution in [0.1, 0.15) is 0 Å². The lowest BCUT2D eigenvalue weighted by atomic mass is 10.2. The minimum atomic E-state index is -0.765. The van der Waals surface area contributed by atoms with E-state index in [1.165, 1.54) is 24.3 Å². The van der Waals surface area contributed by atoms with Crippen LogP contribution in [0.3, 0.4) is 0 Å². The highest BCUT2D eigenvalue weighted by molar-refractivity contribution is 6.43. The van der Waals surface area contributed by atoms with Gasteiger partial charge < -0.3 is 25.5 Å². The molecule has 7 nitrogen and oxygen atoms in total. The van der Waals surface area contributed by atoms with Crippen LogP contribution in [0.2, 0.25) is 0 Å². The molecular formula is C19H22N4O3. The zero-order valence-electron chi connectivity index (χ0n) is 14.6. The molecule has 0 atom stereocenters. The molecule has 0 unspecified atom stereocenters. The number of benzene rings is 2. The Morgan fingerprint density at radius 1 is 0.808 bits per heavy atom. The van der Waals surface area contributed by atoms with E-state index in [2.05, 4.69) is 27.5 Å². The van der Waals surface area contributed by atoms with Crippen LogP contribution >= 0.6 is 0 Å². The van der Waals surface area contributed by atoms with Crippen LogP contribution in [0, 0.1) is 0 Å². The van der Waals surface area contributed by atoms with Gasteiger partial charge in [-0.15, -0.1) is 0 Å². The van der Waals surface area contributed by atoms with Crippen LogP contribution < -0.4 is 15.5 Å². The summed E-state index contributed by atoms with van der Waals surface area (Å²) in [5.74, 6) is -1.42. The average Bonchev–Trinajstić information content (AvgIpc) is 2.65. The predicted molar refractivity (Wildman–Crippen MR) is 102 cm³/mol. The second-order valence-electron chi connectivity index (χ2n) is 6.29. The lowest BCUT2D eigenvalue weighted by Crippen LogP contribution is -2.44. The average molecular weight is 354 g/mol. The summed E-state index contributed by atoms with van der Waals surface area (Å²) in [5.41, 5.74) is 2.10. The Kier molecular flexibility index (Phi) is 5.38. The lowest BCUT2D eigenvalue weighted by molar-refractivity contribution is -0.132. The van der Waals surface area contributed by atoms with Gasteiger partial charge in [-0.3, -0.25) is 9.59 Å². The Morgan fingerprint density at radius 2 is 1.27 bits per heavy atom. The first-order valence-electron chi connectivity index (χ1n) is 8.46. The fraction of sp³-hybridized carbons (Fsp3) is 0.263. The van der Waals surface area contributed by atoms with E-state index in [0.29, 0.717) is 11.4 Å². The number of amides is 2. The number of phenols is 1. The molecule has 0 bridgehead atoms. The van der Waals surface area contributed by atoms with Crippen molar-refractivity contribution in [3.05, 3.63) is 48.5 Å². The standard InChI is InChI=1S/C19H22N4O3/c1-22-10-12-23(13-11-22)16-6-2-14(3-7-16)20-18(25)19(26)21-15-4-8-17(24)9-5-15/h2-9,24H,10-13H2,1H3,(H,20,25)(H,21,26). The third-order valence-corrected chi connectivity index (χ3v) is 4.32. The largest absolute Gasteiger partial charge is 0.508 e. The molecule has 26 heavy (non-hydrogen) atoms. The molecule has 0 spiro atoms. The Labute approximate surface area is 152 Å². The molecule has 3 N–H and O–H groups in total. The van der Waals surface area contributed by atoms with Crippen LogP contribution in [0.25, 0.3) is 0 Å². The number of rotatable bonds is 3. The first kappa shape index (κ1) is 17.8. The van der Waals surface area contributed by atoms with E-state index >= 15 is 0 Å². The highest BCUT2D eigenvalue weighted by Gasteiger charge is 2.16. The summed E-state index contributed by atoms with van der Waals surface area (Å²) >= 11 is 0. The molecule has 1 heterocycles. The second kappa shape index (κ2) is 7.88. The van der Waals surface area contributed by atoms with Crippen molar-refractivity contribution in [1.29, 1.82) is 0 Å². The number of nitrogens with one attached hydrogen (secondary N) is 2. The molecule has 7 heteroatoms. The third-order valence-electron chi connectivity index (χ3n) is 4.32. The quantitative estimate of drug-likeness (QED) is 0.577. The maximum Gasteiger partial charge on any atom is 0.314 e. The minimum Gasteiger partial charge on any atom is -0.508 e. The van der Waals surface area contributed by atoms with Crippen LogP contribution in [0.15, 0.2) is 48.5 Å². The summed E-state index contributed by atoms with van der Waals surface area (Å²) in [6.45, 7) is 3.99. The van der Waals surface area contributed by atoms with Crippen molar-refractivity contribution in [1.82, 2.24) is 4.90 Å².